The number of nitrogens with zero attached hydrogens (tertiary/aromatic N) is 2. The van der Waals surface area contributed by atoms with Crippen LogP contribution in [0.5, 0.6) is 0 Å². The van der Waals surface area contributed by atoms with Crippen LogP contribution in [0.1, 0.15) is 46.8 Å². The number of hydrogen-bond donors (Lipinski definition) is 2. The van der Waals surface area contributed by atoms with Crippen molar-refractivity contribution in [3.63, 3.8) is 0 Å². The zero-order valence-corrected chi connectivity index (χ0v) is 18.0. The first kappa shape index (κ1) is 21.3. The van der Waals surface area contributed by atoms with Crippen molar-refractivity contribution in [1.82, 2.24) is 20.4 Å². The maximum atomic E-state index is 12.5. The quantitative estimate of drug-likeness (QED) is 0.729. The number of rotatable bonds is 7. The normalized spacial score (nSPS) is 15.2. The number of likely N-dealkylation sites (tertiary alicyclic amines) is 1. The summed E-state index contributed by atoms with van der Waals surface area (Å²) < 4.78 is 0. The van der Waals surface area contributed by atoms with Crippen molar-refractivity contribution in [1.29, 1.82) is 0 Å². The predicted octanol–water partition coefficient (Wildman–Crippen LogP) is 3.48. The van der Waals surface area contributed by atoms with Crippen molar-refractivity contribution >= 4 is 23.3 Å². The van der Waals surface area contributed by atoms with Crippen molar-refractivity contribution in [2.24, 2.45) is 0 Å². The van der Waals surface area contributed by atoms with E-state index in [9.17, 15) is 9.59 Å². The third-order valence-electron chi connectivity index (χ3n) is 5.30. The van der Waals surface area contributed by atoms with Crippen LogP contribution in [0.15, 0.2) is 41.1 Å². The number of piperidine rings is 1. The number of thiophene rings is 1. The first-order valence-corrected chi connectivity index (χ1v) is 11.1. The van der Waals surface area contributed by atoms with Crippen LogP contribution in [-0.4, -0.2) is 55.5 Å². The van der Waals surface area contributed by atoms with E-state index in [1.165, 1.54) is 12.0 Å². The van der Waals surface area contributed by atoms with Gasteiger partial charge in [0.15, 0.2) is 0 Å². The lowest BCUT2D eigenvalue weighted by molar-refractivity contribution is 0.0724. The molecule has 0 radical (unpaired) electrons. The van der Waals surface area contributed by atoms with E-state index in [1.807, 2.05) is 48.6 Å². The van der Waals surface area contributed by atoms with Gasteiger partial charge in [-0.25, -0.2) is 4.79 Å². The summed E-state index contributed by atoms with van der Waals surface area (Å²) in [6.45, 7) is 2.66. The average molecular weight is 415 g/mol. The summed E-state index contributed by atoms with van der Waals surface area (Å²) in [5.74, 6) is 0.102. The minimum absolute atomic E-state index is 0.102. The molecule has 2 aromatic rings. The summed E-state index contributed by atoms with van der Waals surface area (Å²) in [5.41, 5.74) is 2.89. The number of carbonyl (C=O) groups is 2. The van der Waals surface area contributed by atoms with Crippen LogP contribution in [0.25, 0.3) is 0 Å². The molecule has 1 unspecified atom stereocenters. The fourth-order valence-corrected chi connectivity index (χ4v) is 4.25. The molecule has 6 nitrogen and oxygen atoms in total. The highest BCUT2D eigenvalue weighted by molar-refractivity contribution is 7.07. The summed E-state index contributed by atoms with van der Waals surface area (Å²) in [4.78, 5) is 28.7. The van der Waals surface area contributed by atoms with E-state index in [1.54, 1.807) is 11.3 Å². The maximum absolute atomic E-state index is 12.5. The summed E-state index contributed by atoms with van der Waals surface area (Å²) in [6.07, 6.45) is 3.38. The molecule has 0 bridgehead atoms. The molecule has 2 N–H and O–H groups in total. The van der Waals surface area contributed by atoms with E-state index in [0.29, 0.717) is 18.7 Å². The number of nitrogens with one attached hydrogen (secondary N) is 2. The molecule has 3 amide bonds. The molecule has 1 atom stereocenters. The molecular weight excluding hydrogens is 384 g/mol. The number of benzene rings is 1. The van der Waals surface area contributed by atoms with Crippen molar-refractivity contribution in [3.8, 4) is 0 Å². The van der Waals surface area contributed by atoms with Crippen LogP contribution in [0.4, 0.5) is 4.79 Å². The molecule has 0 spiro atoms. The second-order valence-electron chi connectivity index (χ2n) is 7.65. The summed E-state index contributed by atoms with van der Waals surface area (Å²) in [6, 6.07) is 9.56. The molecule has 29 heavy (non-hydrogen) atoms. The van der Waals surface area contributed by atoms with Crippen LogP contribution in [0, 0.1) is 0 Å². The fourth-order valence-electron chi connectivity index (χ4n) is 3.54. The standard InChI is InChI=1S/C22H30N4O2S/c1-25(2)20(19-10-13-29-16-19)15-24-22(28)23-14-17-6-8-18(9-7-17)21(27)26-11-4-3-5-12-26/h6-10,13,16,20H,3-5,11-12,14-15H2,1-2H3,(H2,23,24,28). The highest BCUT2D eigenvalue weighted by Crippen LogP contribution is 2.20. The van der Waals surface area contributed by atoms with Gasteiger partial charge in [-0.05, 0) is 73.4 Å². The third-order valence-corrected chi connectivity index (χ3v) is 6.01. The highest BCUT2D eigenvalue weighted by Gasteiger charge is 2.18. The Morgan fingerprint density at radius 1 is 1.07 bits per heavy atom. The summed E-state index contributed by atoms with van der Waals surface area (Å²) >= 11 is 1.66. The zero-order valence-electron chi connectivity index (χ0n) is 17.2. The lowest BCUT2D eigenvalue weighted by atomic mass is 10.1. The van der Waals surface area contributed by atoms with Gasteiger partial charge in [-0.15, -0.1) is 0 Å². The van der Waals surface area contributed by atoms with Gasteiger partial charge in [-0.3, -0.25) is 4.79 Å². The molecule has 2 heterocycles. The molecule has 1 aliphatic heterocycles. The van der Waals surface area contributed by atoms with E-state index < -0.39 is 0 Å². The number of urea groups is 1. The maximum Gasteiger partial charge on any atom is 0.315 e. The number of amides is 3. The lowest BCUT2D eigenvalue weighted by Crippen LogP contribution is -2.40. The summed E-state index contributed by atoms with van der Waals surface area (Å²) in [5, 5.41) is 9.99. The smallest absolute Gasteiger partial charge is 0.315 e. The number of likely N-dealkylation sites (N-methyl/N-ethyl adjacent to an activating group) is 1. The van der Waals surface area contributed by atoms with Crippen molar-refractivity contribution in [2.45, 2.75) is 31.8 Å². The van der Waals surface area contributed by atoms with Gasteiger partial charge in [0, 0.05) is 31.7 Å². The predicted molar refractivity (Wildman–Crippen MR) is 117 cm³/mol. The Bertz CT molecular complexity index is 784. The van der Waals surface area contributed by atoms with Gasteiger partial charge >= 0.3 is 6.03 Å². The molecule has 0 saturated carbocycles. The Kier molecular flexibility index (Phi) is 7.66. The van der Waals surface area contributed by atoms with Crippen LogP contribution in [0.3, 0.4) is 0 Å². The number of carbonyl (C=O) groups excluding carboxylic acids is 2. The van der Waals surface area contributed by atoms with Crippen LogP contribution < -0.4 is 10.6 Å². The Morgan fingerprint density at radius 3 is 2.41 bits per heavy atom. The third kappa shape index (κ3) is 6.05. The second-order valence-corrected chi connectivity index (χ2v) is 8.43. The molecule has 1 aromatic heterocycles. The Morgan fingerprint density at radius 2 is 1.79 bits per heavy atom. The molecule has 7 heteroatoms. The average Bonchev–Trinajstić information content (AvgIpc) is 3.27. The Labute approximate surface area is 176 Å². The monoisotopic (exact) mass is 414 g/mol. The minimum Gasteiger partial charge on any atom is -0.339 e. The lowest BCUT2D eigenvalue weighted by Gasteiger charge is -2.26. The fraction of sp³-hybridized carbons (Fsp3) is 0.455. The molecule has 1 aliphatic rings. The van der Waals surface area contributed by atoms with Gasteiger partial charge in [0.2, 0.25) is 0 Å². The van der Waals surface area contributed by atoms with E-state index in [4.69, 9.17) is 0 Å². The Balaban J connectivity index is 1.45. The van der Waals surface area contributed by atoms with Gasteiger partial charge in [0.05, 0.1) is 6.04 Å². The molecule has 3 rings (SSSR count). The van der Waals surface area contributed by atoms with E-state index in [0.717, 1.165) is 31.5 Å². The van der Waals surface area contributed by atoms with Crippen molar-refractivity contribution < 1.29 is 9.59 Å². The van der Waals surface area contributed by atoms with E-state index in [2.05, 4.69) is 27.0 Å². The molecule has 0 aliphatic carbocycles. The SMILES string of the molecule is CN(C)C(CNC(=O)NCc1ccc(C(=O)N2CCCCC2)cc1)c1ccsc1. The first-order valence-electron chi connectivity index (χ1n) is 10.1. The molecule has 156 valence electrons. The number of hydrogen-bond acceptors (Lipinski definition) is 4. The van der Waals surface area contributed by atoms with Crippen LogP contribution in [0.2, 0.25) is 0 Å². The Hall–Kier alpha value is -2.38. The molecular formula is C22H30N4O2S. The van der Waals surface area contributed by atoms with Gasteiger partial charge in [0.1, 0.15) is 0 Å². The van der Waals surface area contributed by atoms with Crippen molar-refractivity contribution in [3.05, 3.63) is 57.8 Å². The largest absolute Gasteiger partial charge is 0.339 e. The van der Waals surface area contributed by atoms with Crippen LogP contribution in [-0.2, 0) is 6.54 Å². The zero-order chi connectivity index (χ0) is 20.6. The van der Waals surface area contributed by atoms with Gasteiger partial charge in [0.25, 0.3) is 5.91 Å². The molecule has 1 saturated heterocycles. The topological polar surface area (TPSA) is 64.7 Å². The van der Waals surface area contributed by atoms with Gasteiger partial charge in [-0.1, -0.05) is 12.1 Å². The van der Waals surface area contributed by atoms with E-state index in [-0.39, 0.29) is 18.0 Å². The second kappa shape index (κ2) is 10.4. The molecule has 1 aromatic carbocycles. The van der Waals surface area contributed by atoms with Gasteiger partial charge in [-0.2, -0.15) is 11.3 Å². The van der Waals surface area contributed by atoms with Gasteiger partial charge < -0.3 is 20.4 Å². The highest BCUT2D eigenvalue weighted by atomic mass is 32.1. The van der Waals surface area contributed by atoms with Crippen molar-refractivity contribution in [2.75, 3.05) is 33.7 Å². The molecule has 1 fully saturated rings. The summed E-state index contributed by atoms with van der Waals surface area (Å²) in [7, 11) is 4.02. The van der Waals surface area contributed by atoms with Crippen LogP contribution >= 0.6 is 11.3 Å². The first-order chi connectivity index (χ1) is 14.0. The minimum atomic E-state index is -0.194. The van der Waals surface area contributed by atoms with E-state index >= 15 is 0 Å².